The van der Waals surface area contributed by atoms with Crippen molar-refractivity contribution in [3.63, 3.8) is 0 Å². The van der Waals surface area contributed by atoms with E-state index >= 15 is 0 Å². The van der Waals surface area contributed by atoms with E-state index < -0.39 is 23.8 Å². The molecule has 0 fully saturated rings. The number of carbonyl (C=O) groups is 2. The van der Waals surface area contributed by atoms with Crippen molar-refractivity contribution in [3.8, 4) is 0 Å². The summed E-state index contributed by atoms with van der Waals surface area (Å²) in [5.41, 5.74) is 1.37. The Morgan fingerprint density at radius 3 is 2.31 bits per heavy atom. The molecule has 3 aromatic carbocycles. The SMILES string of the molecule is CC(C)(C)OC(=O)NCC(=O)OC(Cc1cccc2ccccc12)C(S)c1ccccc1. The van der Waals surface area contributed by atoms with Gasteiger partial charge in [0.2, 0.25) is 0 Å². The van der Waals surface area contributed by atoms with Gasteiger partial charge in [-0.15, -0.1) is 0 Å². The number of hydrogen-bond donors (Lipinski definition) is 2. The second-order valence-electron chi connectivity index (χ2n) is 8.58. The zero-order chi connectivity index (χ0) is 23.1. The lowest BCUT2D eigenvalue weighted by Crippen LogP contribution is -2.37. The van der Waals surface area contributed by atoms with Crippen molar-refractivity contribution in [2.24, 2.45) is 0 Å². The first-order chi connectivity index (χ1) is 15.2. The van der Waals surface area contributed by atoms with Gasteiger partial charge in [-0.25, -0.2) is 4.79 Å². The Morgan fingerprint density at radius 1 is 0.938 bits per heavy atom. The Balaban J connectivity index is 1.77. The number of rotatable bonds is 7. The van der Waals surface area contributed by atoms with Crippen LogP contribution in [0.2, 0.25) is 0 Å². The number of benzene rings is 3. The molecule has 0 heterocycles. The van der Waals surface area contributed by atoms with Crippen molar-refractivity contribution in [2.45, 2.75) is 44.1 Å². The molecule has 6 heteroatoms. The molecule has 5 nitrogen and oxygen atoms in total. The maximum Gasteiger partial charge on any atom is 0.408 e. The normalized spacial score (nSPS) is 13.2. The van der Waals surface area contributed by atoms with Crippen LogP contribution in [0.15, 0.2) is 72.8 Å². The molecular weight excluding hydrogens is 422 g/mol. The molecule has 0 bridgehead atoms. The van der Waals surface area contributed by atoms with E-state index in [1.54, 1.807) is 20.8 Å². The molecule has 0 aliphatic rings. The molecule has 1 N–H and O–H groups in total. The molecule has 0 saturated carbocycles. The van der Waals surface area contributed by atoms with E-state index in [0.29, 0.717) is 6.42 Å². The highest BCUT2D eigenvalue weighted by molar-refractivity contribution is 7.80. The first-order valence-electron chi connectivity index (χ1n) is 10.6. The molecule has 2 unspecified atom stereocenters. The topological polar surface area (TPSA) is 64.6 Å². The van der Waals surface area contributed by atoms with E-state index in [4.69, 9.17) is 22.1 Å². The van der Waals surface area contributed by atoms with Crippen molar-refractivity contribution in [1.82, 2.24) is 5.32 Å². The fraction of sp³-hybridized carbons (Fsp3) is 0.308. The highest BCUT2D eigenvalue weighted by Crippen LogP contribution is 2.30. The van der Waals surface area contributed by atoms with Gasteiger partial charge in [0.25, 0.3) is 0 Å². The highest BCUT2D eigenvalue weighted by Gasteiger charge is 2.26. The summed E-state index contributed by atoms with van der Waals surface area (Å²) in [6, 6.07) is 23.9. The van der Waals surface area contributed by atoms with Crippen LogP contribution in [0.25, 0.3) is 10.8 Å². The standard InChI is InChI=1S/C26H29NO4S/c1-26(2,3)31-25(29)27-17-23(28)30-22(24(32)19-11-5-4-6-12-19)16-20-14-9-13-18-10-7-8-15-21(18)20/h4-15,22,24,32H,16-17H2,1-3H3,(H,27,29). The maximum atomic E-state index is 12.6. The zero-order valence-corrected chi connectivity index (χ0v) is 19.5. The molecule has 0 aliphatic heterocycles. The molecule has 0 aromatic heterocycles. The molecule has 1 amide bonds. The van der Waals surface area contributed by atoms with Crippen LogP contribution >= 0.6 is 12.6 Å². The first kappa shape index (κ1) is 23.7. The molecule has 0 radical (unpaired) electrons. The third-order valence-corrected chi connectivity index (χ3v) is 5.48. The van der Waals surface area contributed by atoms with E-state index in [0.717, 1.165) is 21.9 Å². The van der Waals surface area contributed by atoms with Gasteiger partial charge in [0.15, 0.2) is 0 Å². The number of ether oxygens (including phenoxy) is 2. The molecule has 3 aromatic rings. The Hall–Kier alpha value is -2.99. The minimum absolute atomic E-state index is 0.282. The second-order valence-corrected chi connectivity index (χ2v) is 9.14. The molecule has 0 spiro atoms. The minimum atomic E-state index is -0.662. The van der Waals surface area contributed by atoms with Crippen LogP contribution < -0.4 is 5.32 Å². The molecule has 0 saturated heterocycles. The van der Waals surface area contributed by atoms with Crippen molar-refractivity contribution in [1.29, 1.82) is 0 Å². The number of alkyl carbamates (subject to hydrolysis) is 1. The largest absolute Gasteiger partial charge is 0.459 e. The smallest absolute Gasteiger partial charge is 0.408 e. The van der Waals surface area contributed by atoms with Gasteiger partial charge in [-0.05, 0) is 42.7 Å². The van der Waals surface area contributed by atoms with Gasteiger partial charge in [-0.2, -0.15) is 12.6 Å². The maximum absolute atomic E-state index is 12.6. The van der Waals surface area contributed by atoms with E-state index in [9.17, 15) is 9.59 Å². The third-order valence-electron chi connectivity index (χ3n) is 4.85. The average molecular weight is 452 g/mol. The lowest BCUT2D eigenvalue weighted by molar-refractivity contribution is -0.147. The van der Waals surface area contributed by atoms with Crippen LogP contribution in [-0.2, 0) is 20.7 Å². The summed E-state index contributed by atoms with van der Waals surface area (Å²) < 4.78 is 11.0. The van der Waals surface area contributed by atoms with Gasteiger partial charge in [0.1, 0.15) is 18.2 Å². The number of amides is 1. The number of hydrogen-bond acceptors (Lipinski definition) is 5. The van der Waals surface area contributed by atoms with E-state index in [1.165, 1.54) is 0 Å². The van der Waals surface area contributed by atoms with Crippen LogP contribution in [0.5, 0.6) is 0 Å². The Kier molecular flexibility index (Phi) is 7.80. The highest BCUT2D eigenvalue weighted by atomic mass is 32.1. The molecule has 3 rings (SSSR count). The van der Waals surface area contributed by atoms with Gasteiger partial charge < -0.3 is 14.8 Å². The van der Waals surface area contributed by atoms with Crippen molar-refractivity contribution in [3.05, 3.63) is 83.9 Å². The summed E-state index contributed by atoms with van der Waals surface area (Å²) in [7, 11) is 0. The van der Waals surface area contributed by atoms with Crippen molar-refractivity contribution >= 4 is 35.5 Å². The van der Waals surface area contributed by atoms with Gasteiger partial charge in [0, 0.05) is 6.42 Å². The van der Waals surface area contributed by atoms with Gasteiger partial charge >= 0.3 is 12.1 Å². The predicted octanol–water partition coefficient (Wildman–Crippen LogP) is 5.49. The molecule has 32 heavy (non-hydrogen) atoms. The number of thiol groups is 1. The number of carbonyl (C=O) groups excluding carboxylic acids is 2. The fourth-order valence-corrected chi connectivity index (χ4v) is 3.78. The zero-order valence-electron chi connectivity index (χ0n) is 18.6. The Labute approximate surface area is 194 Å². The first-order valence-corrected chi connectivity index (χ1v) is 11.1. The summed E-state index contributed by atoms with van der Waals surface area (Å²) in [6.45, 7) is 5.00. The summed E-state index contributed by atoms with van der Waals surface area (Å²) >= 11 is 4.79. The van der Waals surface area contributed by atoms with Crippen LogP contribution in [0, 0.1) is 0 Å². The third kappa shape index (κ3) is 6.76. The van der Waals surface area contributed by atoms with Crippen LogP contribution in [0.3, 0.4) is 0 Å². The second kappa shape index (κ2) is 10.6. The number of fused-ring (bicyclic) bond motifs is 1. The Morgan fingerprint density at radius 2 is 1.59 bits per heavy atom. The van der Waals surface area contributed by atoms with Crippen LogP contribution in [-0.4, -0.2) is 30.3 Å². The van der Waals surface area contributed by atoms with E-state index in [2.05, 4.69) is 23.5 Å². The summed E-state index contributed by atoms with van der Waals surface area (Å²) in [5, 5.41) is 4.35. The van der Waals surface area contributed by atoms with E-state index in [-0.39, 0.29) is 11.8 Å². The van der Waals surface area contributed by atoms with Gasteiger partial charge in [-0.1, -0.05) is 72.8 Å². The van der Waals surface area contributed by atoms with E-state index in [1.807, 2.05) is 54.6 Å². The predicted molar refractivity (Wildman–Crippen MR) is 130 cm³/mol. The number of nitrogens with one attached hydrogen (secondary N) is 1. The lowest BCUT2D eigenvalue weighted by Gasteiger charge is -2.25. The quantitative estimate of drug-likeness (QED) is 0.368. The Bertz CT molecular complexity index is 1060. The molecule has 168 valence electrons. The summed E-state index contributed by atoms with van der Waals surface area (Å²) in [6.07, 6.45) is -0.701. The minimum Gasteiger partial charge on any atom is -0.459 e. The monoisotopic (exact) mass is 451 g/mol. The lowest BCUT2D eigenvalue weighted by atomic mass is 9.96. The van der Waals surface area contributed by atoms with Crippen molar-refractivity contribution < 1.29 is 19.1 Å². The fourth-order valence-electron chi connectivity index (χ4n) is 3.44. The average Bonchev–Trinajstić information content (AvgIpc) is 2.76. The van der Waals surface area contributed by atoms with Crippen molar-refractivity contribution in [2.75, 3.05) is 6.54 Å². The summed E-state index contributed by atoms with van der Waals surface area (Å²) in [5.74, 6) is -0.545. The summed E-state index contributed by atoms with van der Waals surface area (Å²) in [4.78, 5) is 24.5. The van der Waals surface area contributed by atoms with Gasteiger partial charge in [-0.3, -0.25) is 4.79 Å². The van der Waals surface area contributed by atoms with Gasteiger partial charge in [0.05, 0.1) is 5.25 Å². The van der Waals surface area contributed by atoms with Crippen LogP contribution in [0.4, 0.5) is 4.79 Å². The molecule has 0 aliphatic carbocycles. The number of esters is 1. The molecular formula is C26H29NO4S. The van der Waals surface area contributed by atoms with Crippen LogP contribution in [0.1, 0.15) is 37.1 Å². The molecule has 2 atom stereocenters.